The molecule has 0 aromatic heterocycles. The average molecular weight is 226 g/mol. The van der Waals surface area contributed by atoms with Gasteiger partial charge in [-0.15, -0.1) is 11.6 Å². The van der Waals surface area contributed by atoms with Crippen LogP contribution in [0.4, 0.5) is 0 Å². The SMILES string of the molecule is Oc1cccc(CNC2(CCl)CCC2)c1. The van der Waals surface area contributed by atoms with Gasteiger partial charge in [-0.2, -0.15) is 0 Å². The van der Waals surface area contributed by atoms with Gasteiger partial charge in [0.2, 0.25) is 0 Å². The number of alkyl halides is 1. The van der Waals surface area contributed by atoms with E-state index in [1.807, 2.05) is 12.1 Å². The summed E-state index contributed by atoms with van der Waals surface area (Å²) in [6.07, 6.45) is 3.59. The molecule has 0 saturated heterocycles. The molecule has 1 aromatic carbocycles. The van der Waals surface area contributed by atoms with Crippen molar-refractivity contribution < 1.29 is 5.11 Å². The Kier molecular flexibility index (Phi) is 3.17. The maximum Gasteiger partial charge on any atom is 0.115 e. The molecule has 0 unspecified atom stereocenters. The highest BCUT2D eigenvalue weighted by Gasteiger charge is 2.35. The molecule has 3 heteroatoms. The van der Waals surface area contributed by atoms with E-state index < -0.39 is 0 Å². The van der Waals surface area contributed by atoms with Gasteiger partial charge in [0.05, 0.1) is 0 Å². The van der Waals surface area contributed by atoms with Crippen molar-refractivity contribution in [1.82, 2.24) is 5.32 Å². The van der Waals surface area contributed by atoms with Crippen LogP contribution in [0.3, 0.4) is 0 Å². The van der Waals surface area contributed by atoms with Gasteiger partial charge < -0.3 is 10.4 Å². The van der Waals surface area contributed by atoms with Crippen molar-refractivity contribution in [2.45, 2.75) is 31.3 Å². The summed E-state index contributed by atoms with van der Waals surface area (Å²) in [4.78, 5) is 0. The largest absolute Gasteiger partial charge is 0.508 e. The Morgan fingerprint density at radius 1 is 1.40 bits per heavy atom. The van der Waals surface area contributed by atoms with E-state index in [2.05, 4.69) is 5.32 Å². The van der Waals surface area contributed by atoms with Gasteiger partial charge in [0.15, 0.2) is 0 Å². The van der Waals surface area contributed by atoms with Crippen LogP contribution in [-0.2, 0) is 6.54 Å². The molecule has 1 aliphatic rings. The number of hydrogen-bond acceptors (Lipinski definition) is 2. The molecule has 0 heterocycles. The zero-order valence-corrected chi connectivity index (χ0v) is 9.43. The lowest BCUT2D eigenvalue weighted by Gasteiger charge is -2.41. The number of nitrogens with one attached hydrogen (secondary N) is 1. The molecule has 0 spiro atoms. The second kappa shape index (κ2) is 4.42. The minimum Gasteiger partial charge on any atom is -0.508 e. The van der Waals surface area contributed by atoms with Crippen LogP contribution in [0.1, 0.15) is 24.8 Å². The Morgan fingerprint density at radius 3 is 2.73 bits per heavy atom. The minimum atomic E-state index is 0.146. The number of benzene rings is 1. The molecule has 2 rings (SSSR count). The van der Waals surface area contributed by atoms with Crippen LogP contribution in [-0.4, -0.2) is 16.5 Å². The van der Waals surface area contributed by atoms with E-state index in [1.54, 1.807) is 12.1 Å². The molecule has 1 fully saturated rings. The van der Waals surface area contributed by atoms with Crippen molar-refractivity contribution in [3.05, 3.63) is 29.8 Å². The fourth-order valence-electron chi connectivity index (χ4n) is 1.92. The van der Waals surface area contributed by atoms with Gasteiger partial charge in [-0.25, -0.2) is 0 Å². The summed E-state index contributed by atoms with van der Waals surface area (Å²) in [6.45, 7) is 0.779. The molecular formula is C12H16ClNO. The van der Waals surface area contributed by atoms with Crippen molar-refractivity contribution in [2.24, 2.45) is 0 Å². The molecule has 0 radical (unpaired) electrons. The molecule has 0 amide bonds. The summed E-state index contributed by atoms with van der Waals surface area (Å²) in [5.41, 5.74) is 1.25. The topological polar surface area (TPSA) is 32.3 Å². The van der Waals surface area contributed by atoms with Gasteiger partial charge in [-0.1, -0.05) is 12.1 Å². The smallest absolute Gasteiger partial charge is 0.115 e. The Balaban J connectivity index is 1.92. The van der Waals surface area contributed by atoms with Crippen LogP contribution in [0.25, 0.3) is 0 Å². The molecule has 15 heavy (non-hydrogen) atoms. The first-order valence-electron chi connectivity index (χ1n) is 5.33. The highest BCUT2D eigenvalue weighted by Crippen LogP contribution is 2.33. The molecular weight excluding hydrogens is 210 g/mol. The second-order valence-electron chi connectivity index (χ2n) is 4.29. The minimum absolute atomic E-state index is 0.146. The number of aromatic hydroxyl groups is 1. The lowest BCUT2D eigenvalue weighted by atomic mass is 9.78. The third kappa shape index (κ3) is 2.44. The number of hydrogen-bond donors (Lipinski definition) is 2. The standard InChI is InChI=1S/C12H16ClNO/c13-9-12(5-2-6-12)14-8-10-3-1-4-11(15)7-10/h1,3-4,7,14-15H,2,5-6,8-9H2. The lowest BCUT2D eigenvalue weighted by Crippen LogP contribution is -2.52. The molecule has 0 atom stereocenters. The Hall–Kier alpha value is -0.730. The summed E-state index contributed by atoms with van der Waals surface area (Å²) < 4.78 is 0. The molecule has 2 N–H and O–H groups in total. The zero-order chi connectivity index (χ0) is 10.7. The highest BCUT2D eigenvalue weighted by molar-refractivity contribution is 6.18. The quantitative estimate of drug-likeness (QED) is 0.773. The van der Waals surface area contributed by atoms with E-state index in [0.29, 0.717) is 11.6 Å². The lowest BCUT2D eigenvalue weighted by molar-refractivity contribution is 0.211. The number of phenolic OH excluding ortho intramolecular Hbond substituents is 1. The second-order valence-corrected chi connectivity index (χ2v) is 4.56. The highest BCUT2D eigenvalue weighted by atomic mass is 35.5. The van der Waals surface area contributed by atoms with Gasteiger partial charge in [0.25, 0.3) is 0 Å². The molecule has 82 valence electrons. The molecule has 1 aliphatic carbocycles. The van der Waals surface area contributed by atoms with Crippen LogP contribution in [0, 0.1) is 0 Å². The Morgan fingerprint density at radius 2 is 2.20 bits per heavy atom. The fourth-order valence-corrected chi connectivity index (χ4v) is 2.28. The van der Waals surface area contributed by atoms with Crippen molar-refractivity contribution in [3.63, 3.8) is 0 Å². The van der Waals surface area contributed by atoms with Gasteiger partial charge in [-0.3, -0.25) is 0 Å². The van der Waals surface area contributed by atoms with E-state index >= 15 is 0 Å². The van der Waals surface area contributed by atoms with E-state index in [-0.39, 0.29) is 5.54 Å². The van der Waals surface area contributed by atoms with Crippen LogP contribution in [0.5, 0.6) is 5.75 Å². The predicted molar refractivity (Wildman–Crippen MR) is 62.2 cm³/mol. The van der Waals surface area contributed by atoms with E-state index in [9.17, 15) is 5.11 Å². The zero-order valence-electron chi connectivity index (χ0n) is 8.67. The summed E-state index contributed by atoms with van der Waals surface area (Å²) in [5.74, 6) is 0.995. The maximum absolute atomic E-state index is 9.32. The van der Waals surface area contributed by atoms with E-state index in [4.69, 9.17) is 11.6 Å². The third-order valence-corrected chi connectivity index (χ3v) is 3.66. The normalized spacial score (nSPS) is 18.5. The third-order valence-electron chi connectivity index (χ3n) is 3.14. The van der Waals surface area contributed by atoms with Gasteiger partial charge >= 0.3 is 0 Å². The van der Waals surface area contributed by atoms with Crippen LogP contribution in [0.2, 0.25) is 0 Å². The van der Waals surface area contributed by atoms with Crippen LogP contribution >= 0.6 is 11.6 Å². The van der Waals surface area contributed by atoms with Crippen molar-refractivity contribution >= 4 is 11.6 Å². The van der Waals surface area contributed by atoms with E-state index in [1.165, 1.54) is 6.42 Å². The monoisotopic (exact) mass is 225 g/mol. The maximum atomic E-state index is 9.32. The summed E-state index contributed by atoms with van der Waals surface area (Å²) >= 11 is 5.95. The summed E-state index contributed by atoms with van der Waals surface area (Å²) in [5, 5.41) is 12.8. The molecule has 1 aromatic rings. The molecule has 0 bridgehead atoms. The Labute approximate surface area is 95.3 Å². The average Bonchev–Trinajstić information content (AvgIpc) is 2.17. The number of phenols is 1. The summed E-state index contributed by atoms with van der Waals surface area (Å²) in [7, 11) is 0. The van der Waals surface area contributed by atoms with Crippen molar-refractivity contribution in [3.8, 4) is 5.75 Å². The van der Waals surface area contributed by atoms with E-state index in [0.717, 1.165) is 24.9 Å². The van der Waals surface area contributed by atoms with Crippen molar-refractivity contribution in [2.75, 3.05) is 5.88 Å². The first-order chi connectivity index (χ1) is 7.24. The Bertz CT molecular complexity index is 331. The molecule has 1 saturated carbocycles. The fraction of sp³-hybridized carbons (Fsp3) is 0.500. The molecule has 0 aliphatic heterocycles. The first kappa shape index (κ1) is 10.8. The predicted octanol–water partition coefficient (Wildman–Crippen LogP) is 2.64. The van der Waals surface area contributed by atoms with Crippen LogP contribution in [0.15, 0.2) is 24.3 Å². The molecule has 2 nitrogen and oxygen atoms in total. The number of halogens is 1. The summed E-state index contributed by atoms with van der Waals surface area (Å²) in [6, 6.07) is 7.34. The first-order valence-corrected chi connectivity index (χ1v) is 5.86. The number of rotatable bonds is 4. The van der Waals surface area contributed by atoms with Gasteiger partial charge in [0, 0.05) is 18.0 Å². The van der Waals surface area contributed by atoms with Gasteiger partial charge in [0.1, 0.15) is 5.75 Å². The van der Waals surface area contributed by atoms with Crippen LogP contribution < -0.4 is 5.32 Å². The van der Waals surface area contributed by atoms with Crippen molar-refractivity contribution in [1.29, 1.82) is 0 Å². The van der Waals surface area contributed by atoms with Gasteiger partial charge in [-0.05, 0) is 37.0 Å².